The van der Waals surface area contributed by atoms with Crippen LogP contribution in [0.25, 0.3) is 97.0 Å². The number of nitrogens with zero attached hydrogens (tertiary/aromatic N) is 4. The minimum Gasteiger partial charge on any atom is -0.228 e. The maximum absolute atomic E-state index is 5.31. The lowest BCUT2D eigenvalue weighted by Crippen LogP contribution is -1.96. The number of hydrogen-bond acceptors (Lipinski definition) is 6. The predicted molar refractivity (Wildman–Crippen MR) is 211 cm³/mol. The summed E-state index contributed by atoms with van der Waals surface area (Å²) in [7, 11) is 0. The monoisotopic (exact) mass is 674 g/mol. The third kappa shape index (κ3) is 4.80. The zero-order valence-corrected chi connectivity index (χ0v) is 28.2. The van der Waals surface area contributed by atoms with Gasteiger partial charge in [0.1, 0.15) is 0 Å². The first-order chi connectivity index (χ1) is 24.8. The highest BCUT2D eigenvalue weighted by Crippen LogP contribution is 2.46. The summed E-state index contributed by atoms with van der Waals surface area (Å²) < 4.78 is 4.72. The molecule has 0 bridgehead atoms. The van der Waals surface area contributed by atoms with Crippen LogP contribution in [-0.2, 0) is 0 Å². The van der Waals surface area contributed by atoms with Crippen LogP contribution in [0.1, 0.15) is 0 Å². The van der Waals surface area contributed by atoms with Gasteiger partial charge in [-0.25, -0.2) is 19.9 Å². The Bertz CT molecular complexity index is 2800. The average Bonchev–Trinajstić information content (AvgIpc) is 3.77. The molecular weight excluding hydrogens is 649 g/mol. The van der Waals surface area contributed by atoms with Gasteiger partial charge in [-0.05, 0) is 18.2 Å². The van der Waals surface area contributed by atoms with Crippen LogP contribution in [-0.4, -0.2) is 19.9 Å². The molecule has 0 aliphatic rings. The second-order valence-corrected chi connectivity index (χ2v) is 14.3. The van der Waals surface area contributed by atoms with Gasteiger partial charge >= 0.3 is 0 Å². The molecule has 0 N–H and O–H groups in total. The van der Waals surface area contributed by atoms with Crippen molar-refractivity contribution in [3.05, 3.63) is 158 Å². The molecule has 0 aliphatic heterocycles. The number of aromatic nitrogens is 4. The van der Waals surface area contributed by atoms with Crippen molar-refractivity contribution < 1.29 is 0 Å². The van der Waals surface area contributed by atoms with Crippen LogP contribution in [0.15, 0.2) is 158 Å². The van der Waals surface area contributed by atoms with E-state index in [1.165, 1.54) is 24.9 Å². The van der Waals surface area contributed by atoms with E-state index in [0.717, 1.165) is 66.3 Å². The van der Waals surface area contributed by atoms with Crippen LogP contribution < -0.4 is 0 Å². The maximum atomic E-state index is 5.31. The number of fused-ring (bicyclic) bond motifs is 6. The fraction of sp³-hybridized carbons (Fsp3) is 0. The summed E-state index contributed by atoms with van der Waals surface area (Å²) >= 11 is 3.58. The fourth-order valence-electron chi connectivity index (χ4n) is 6.80. The minimum absolute atomic E-state index is 0.709. The maximum Gasteiger partial charge on any atom is 0.160 e. The van der Waals surface area contributed by atoms with Gasteiger partial charge < -0.3 is 0 Å². The zero-order chi connectivity index (χ0) is 33.0. The molecule has 50 heavy (non-hydrogen) atoms. The Morgan fingerprint density at radius 3 is 1.70 bits per heavy atom. The van der Waals surface area contributed by atoms with E-state index in [4.69, 9.17) is 19.9 Å². The van der Waals surface area contributed by atoms with Gasteiger partial charge in [-0.3, -0.25) is 0 Å². The van der Waals surface area contributed by atoms with E-state index in [9.17, 15) is 0 Å². The molecule has 4 nitrogen and oxygen atoms in total. The van der Waals surface area contributed by atoms with E-state index in [2.05, 4.69) is 115 Å². The van der Waals surface area contributed by atoms with Gasteiger partial charge in [0.25, 0.3) is 0 Å². The van der Waals surface area contributed by atoms with Gasteiger partial charge in [-0.15, -0.1) is 22.7 Å². The lowest BCUT2D eigenvalue weighted by atomic mass is 10.00. The summed E-state index contributed by atoms with van der Waals surface area (Å²) in [6.07, 6.45) is 0. The lowest BCUT2D eigenvalue weighted by molar-refractivity contribution is 1.19. The van der Waals surface area contributed by atoms with Crippen molar-refractivity contribution in [3.63, 3.8) is 0 Å². The summed E-state index contributed by atoms with van der Waals surface area (Å²) in [6, 6.07) is 54.7. The number of benzene rings is 6. The standard InChI is InChI=1S/C44H26N4S2/c1-4-14-27(15-5-1)34-26-35(46-43(45-34)28-16-6-2-7-17-28)30-21-13-25-37-38(30)32-22-12-23-33(41(32)50-37)40-42-39(31-20-10-11-24-36(31)49-42)47-44(48-40)29-18-8-3-9-19-29/h1-26H. The Morgan fingerprint density at radius 2 is 0.940 bits per heavy atom. The summed E-state index contributed by atoms with van der Waals surface area (Å²) in [5.41, 5.74) is 9.01. The van der Waals surface area contributed by atoms with Gasteiger partial charge in [0, 0.05) is 58.1 Å². The summed E-state index contributed by atoms with van der Waals surface area (Å²) in [4.78, 5) is 20.7. The lowest BCUT2D eigenvalue weighted by Gasteiger charge is -2.11. The molecule has 4 aromatic heterocycles. The van der Waals surface area contributed by atoms with E-state index < -0.39 is 0 Å². The second-order valence-electron chi connectivity index (χ2n) is 12.2. The minimum atomic E-state index is 0.709. The molecule has 0 aliphatic carbocycles. The third-order valence-corrected chi connectivity index (χ3v) is 11.5. The molecule has 6 heteroatoms. The molecule has 0 saturated heterocycles. The normalized spacial score (nSPS) is 11.6. The first-order valence-electron chi connectivity index (χ1n) is 16.5. The van der Waals surface area contributed by atoms with E-state index in [0.29, 0.717) is 5.82 Å². The average molecular weight is 675 g/mol. The molecule has 4 heterocycles. The highest BCUT2D eigenvalue weighted by Gasteiger charge is 2.21. The van der Waals surface area contributed by atoms with Crippen molar-refractivity contribution in [2.24, 2.45) is 0 Å². The molecule has 0 spiro atoms. The molecule has 0 amide bonds. The van der Waals surface area contributed by atoms with Crippen molar-refractivity contribution in [3.8, 4) is 56.5 Å². The summed E-state index contributed by atoms with van der Waals surface area (Å²) in [5, 5.41) is 3.54. The molecule has 10 aromatic rings. The Hall–Kier alpha value is -6.08. The highest BCUT2D eigenvalue weighted by molar-refractivity contribution is 7.27. The van der Waals surface area contributed by atoms with Crippen LogP contribution in [0, 0.1) is 0 Å². The molecule has 0 saturated carbocycles. The van der Waals surface area contributed by atoms with Crippen LogP contribution in [0.3, 0.4) is 0 Å². The fourth-order valence-corrected chi connectivity index (χ4v) is 9.18. The van der Waals surface area contributed by atoms with E-state index in [1.807, 2.05) is 53.8 Å². The van der Waals surface area contributed by atoms with Crippen molar-refractivity contribution in [2.45, 2.75) is 0 Å². The molecule has 10 rings (SSSR count). The van der Waals surface area contributed by atoms with E-state index in [-0.39, 0.29) is 0 Å². The molecule has 0 atom stereocenters. The summed E-state index contributed by atoms with van der Waals surface area (Å²) in [6.45, 7) is 0. The smallest absolute Gasteiger partial charge is 0.160 e. The van der Waals surface area contributed by atoms with Crippen LogP contribution >= 0.6 is 22.7 Å². The highest BCUT2D eigenvalue weighted by atomic mass is 32.1. The Labute approximate surface area is 296 Å². The zero-order valence-electron chi connectivity index (χ0n) is 26.6. The topological polar surface area (TPSA) is 51.6 Å². The number of thiophene rings is 2. The Morgan fingerprint density at radius 1 is 0.380 bits per heavy atom. The van der Waals surface area contributed by atoms with Gasteiger partial charge in [-0.2, -0.15) is 0 Å². The van der Waals surface area contributed by atoms with Gasteiger partial charge in [0.2, 0.25) is 0 Å². The van der Waals surface area contributed by atoms with Gasteiger partial charge in [0.15, 0.2) is 11.6 Å². The molecule has 0 fully saturated rings. The SMILES string of the molecule is c1ccc(-c2cc(-c3cccc4sc5c(-c6nc(-c7ccccc7)nc7c6sc6ccccc67)cccc5c34)nc(-c3ccccc3)n2)cc1. The quantitative estimate of drug-likeness (QED) is 0.182. The predicted octanol–water partition coefficient (Wildman–Crippen LogP) is 12.3. The van der Waals surface area contributed by atoms with Gasteiger partial charge in [-0.1, -0.05) is 140 Å². The Kier molecular flexibility index (Phi) is 6.82. The van der Waals surface area contributed by atoms with E-state index in [1.54, 1.807) is 11.3 Å². The molecule has 234 valence electrons. The van der Waals surface area contributed by atoms with Crippen molar-refractivity contribution in [2.75, 3.05) is 0 Å². The molecule has 6 aromatic carbocycles. The second kappa shape index (κ2) is 11.8. The number of hydrogen-bond donors (Lipinski definition) is 0. The summed E-state index contributed by atoms with van der Waals surface area (Å²) in [5.74, 6) is 1.44. The molecule has 0 radical (unpaired) electrons. The first kappa shape index (κ1) is 28.9. The van der Waals surface area contributed by atoms with Crippen molar-refractivity contribution >= 4 is 63.1 Å². The molecular formula is C44H26N4S2. The third-order valence-electron chi connectivity index (χ3n) is 9.13. The van der Waals surface area contributed by atoms with Crippen molar-refractivity contribution in [1.82, 2.24) is 19.9 Å². The van der Waals surface area contributed by atoms with Crippen LogP contribution in [0.2, 0.25) is 0 Å². The van der Waals surface area contributed by atoms with Crippen LogP contribution in [0.5, 0.6) is 0 Å². The number of rotatable bonds is 5. The van der Waals surface area contributed by atoms with Gasteiger partial charge in [0.05, 0.1) is 27.3 Å². The molecule has 0 unspecified atom stereocenters. The Balaban J connectivity index is 1.23. The van der Waals surface area contributed by atoms with Crippen LogP contribution in [0.4, 0.5) is 0 Å². The van der Waals surface area contributed by atoms with Crippen molar-refractivity contribution in [1.29, 1.82) is 0 Å². The first-order valence-corrected chi connectivity index (χ1v) is 18.1. The van der Waals surface area contributed by atoms with E-state index >= 15 is 0 Å². The largest absolute Gasteiger partial charge is 0.228 e.